The molecule has 1 fully saturated rings. The molecule has 2 aromatic rings. The Kier molecular flexibility index (Phi) is 5.81. The van der Waals surface area contributed by atoms with Gasteiger partial charge in [-0.1, -0.05) is 18.2 Å². The van der Waals surface area contributed by atoms with Gasteiger partial charge in [0.05, 0.1) is 12.1 Å². The van der Waals surface area contributed by atoms with Crippen LogP contribution in [-0.4, -0.2) is 58.9 Å². The molecule has 3 rings (SSSR count). The van der Waals surface area contributed by atoms with Gasteiger partial charge in [0.15, 0.2) is 0 Å². The Morgan fingerprint density at radius 2 is 1.75 bits per heavy atom. The third-order valence-corrected chi connectivity index (χ3v) is 5.28. The van der Waals surface area contributed by atoms with Crippen LogP contribution in [0.25, 0.3) is 5.69 Å². The number of carbonyl (C=O) groups excluding carboxylic acids is 2. The van der Waals surface area contributed by atoms with Gasteiger partial charge >= 0.3 is 0 Å². The number of aromatic nitrogens is 1. The lowest BCUT2D eigenvalue weighted by atomic mass is 10.2. The summed E-state index contributed by atoms with van der Waals surface area (Å²) < 4.78 is 1.92. The number of nitrogens with zero attached hydrogens (tertiary/aromatic N) is 4. The molecule has 0 spiro atoms. The van der Waals surface area contributed by atoms with Crippen molar-refractivity contribution in [1.29, 1.82) is 5.26 Å². The largest absolute Gasteiger partial charge is 0.340 e. The minimum Gasteiger partial charge on any atom is -0.340 e. The van der Waals surface area contributed by atoms with Crippen molar-refractivity contribution in [1.82, 2.24) is 14.4 Å². The molecule has 2 amide bonds. The van der Waals surface area contributed by atoms with Crippen LogP contribution in [0.3, 0.4) is 0 Å². The number of nitrogens with one attached hydrogen (secondary N) is 1. The van der Waals surface area contributed by atoms with Gasteiger partial charge in [-0.05, 0) is 31.5 Å². The predicted octanol–water partition coefficient (Wildman–Crippen LogP) is 2.07. The third kappa shape index (κ3) is 3.92. The molecule has 0 bridgehead atoms. The Morgan fingerprint density at radius 1 is 1.11 bits per heavy atom. The number of rotatable bonds is 4. The summed E-state index contributed by atoms with van der Waals surface area (Å²) in [6.45, 7) is 8.22. The van der Waals surface area contributed by atoms with Crippen LogP contribution in [0.1, 0.15) is 23.7 Å². The van der Waals surface area contributed by atoms with E-state index in [-0.39, 0.29) is 18.4 Å². The SMILES string of the molecule is CC(=O)N1CCN(CC(=O)Nc2c(C#N)c(C)c(C)n2-c2ccccc2)CC1. The zero-order chi connectivity index (χ0) is 20.3. The molecule has 0 unspecified atom stereocenters. The Morgan fingerprint density at radius 3 is 2.32 bits per heavy atom. The van der Waals surface area contributed by atoms with E-state index in [4.69, 9.17) is 0 Å². The highest BCUT2D eigenvalue weighted by molar-refractivity contribution is 5.93. The van der Waals surface area contributed by atoms with Gasteiger partial charge in [0.2, 0.25) is 11.8 Å². The molecule has 1 aromatic carbocycles. The summed E-state index contributed by atoms with van der Waals surface area (Å²) in [6.07, 6.45) is 0. The van der Waals surface area contributed by atoms with E-state index in [0.29, 0.717) is 37.6 Å². The molecular weight excluding hydrogens is 354 g/mol. The average molecular weight is 379 g/mol. The van der Waals surface area contributed by atoms with Gasteiger partial charge in [-0.2, -0.15) is 5.26 Å². The van der Waals surface area contributed by atoms with Crippen LogP contribution < -0.4 is 5.32 Å². The average Bonchev–Trinajstić information content (AvgIpc) is 2.92. The summed E-state index contributed by atoms with van der Waals surface area (Å²) in [5.41, 5.74) is 3.16. The minimum atomic E-state index is -0.164. The van der Waals surface area contributed by atoms with Crippen molar-refractivity contribution in [2.45, 2.75) is 20.8 Å². The van der Waals surface area contributed by atoms with Crippen molar-refractivity contribution >= 4 is 17.6 Å². The number of hydrogen-bond donors (Lipinski definition) is 1. The number of amides is 2. The number of para-hydroxylation sites is 1. The topological polar surface area (TPSA) is 81.4 Å². The van der Waals surface area contributed by atoms with Crippen LogP contribution >= 0.6 is 0 Å². The van der Waals surface area contributed by atoms with Crippen molar-refractivity contribution in [3.05, 3.63) is 47.2 Å². The van der Waals surface area contributed by atoms with Crippen LogP contribution in [0.15, 0.2) is 30.3 Å². The van der Waals surface area contributed by atoms with Crippen molar-refractivity contribution in [3.8, 4) is 11.8 Å². The summed E-state index contributed by atoms with van der Waals surface area (Å²) in [4.78, 5) is 28.0. The Hall–Kier alpha value is -3.11. The van der Waals surface area contributed by atoms with E-state index >= 15 is 0 Å². The molecule has 0 aliphatic carbocycles. The van der Waals surface area contributed by atoms with Gasteiger partial charge in [-0.15, -0.1) is 0 Å². The quantitative estimate of drug-likeness (QED) is 0.882. The van der Waals surface area contributed by atoms with Gasteiger partial charge < -0.3 is 10.2 Å². The van der Waals surface area contributed by atoms with Crippen molar-refractivity contribution in [3.63, 3.8) is 0 Å². The first-order valence-corrected chi connectivity index (χ1v) is 9.37. The highest BCUT2D eigenvalue weighted by atomic mass is 16.2. The van der Waals surface area contributed by atoms with Crippen LogP contribution in [0, 0.1) is 25.2 Å². The molecule has 1 N–H and O–H groups in total. The Balaban J connectivity index is 1.79. The number of nitriles is 1. The molecule has 0 radical (unpaired) electrons. The van der Waals surface area contributed by atoms with Crippen molar-refractivity contribution < 1.29 is 9.59 Å². The van der Waals surface area contributed by atoms with E-state index in [1.54, 1.807) is 11.8 Å². The van der Waals surface area contributed by atoms with Gasteiger partial charge in [0.1, 0.15) is 11.9 Å². The first-order chi connectivity index (χ1) is 13.4. The maximum Gasteiger partial charge on any atom is 0.239 e. The lowest BCUT2D eigenvalue weighted by Crippen LogP contribution is -2.49. The molecule has 1 aliphatic rings. The molecule has 28 heavy (non-hydrogen) atoms. The monoisotopic (exact) mass is 379 g/mol. The number of carbonyl (C=O) groups is 2. The fourth-order valence-corrected chi connectivity index (χ4v) is 3.56. The van der Waals surface area contributed by atoms with Crippen LogP contribution in [0.5, 0.6) is 0 Å². The Labute approximate surface area is 165 Å². The summed E-state index contributed by atoms with van der Waals surface area (Å²) in [5, 5.41) is 12.6. The highest BCUT2D eigenvalue weighted by Crippen LogP contribution is 2.29. The van der Waals surface area contributed by atoms with Crippen LogP contribution in [-0.2, 0) is 9.59 Å². The summed E-state index contributed by atoms with van der Waals surface area (Å²) in [6, 6.07) is 11.9. The fourth-order valence-electron chi connectivity index (χ4n) is 3.56. The van der Waals surface area contributed by atoms with Crippen molar-refractivity contribution in [2.75, 3.05) is 38.0 Å². The first kappa shape index (κ1) is 19.6. The van der Waals surface area contributed by atoms with E-state index < -0.39 is 0 Å². The second-order valence-corrected chi connectivity index (χ2v) is 7.05. The van der Waals surface area contributed by atoms with E-state index in [2.05, 4.69) is 11.4 Å². The number of hydrogen-bond acceptors (Lipinski definition) is 4. The normalized spacial score (nSPS) is 14.6. The van der Waals surface area contributed by atoms with E-state index in [9.17, 15) is 14.9 Å². The Bertz CT molecular complexity index is 919. The summed E-state index contributed by atoms with van der Waals surface area (Å²) in [5.74, 6) is 0.410. The molecule has 146 valence electrons. The third-order valence-electron chi connectivity index (χ3n) is 5.28. The van der Waals surface area contributed by atoms with Gasteiger partial charge in [-0.3, -0.25) is 19.1 Å². The van der Waals surface area contributed by atoms with Gasteiger partial charge in [0, 0.05) is 44.5 Å². The maximum atomic E-state index is 12.7. The first-order valence-electron chi connectivity index (χ1n) is 9.37. The molecule has 0 atom stereocenters. The number of benzene rings is 1. The molecule has 7 heteroatoms. The zero-order valence-electron chi connectivity index (χ0n) is 16.5. The number of anilines is 1. The molecule has 1 aromatic heterocycles. The standard InChI is InChI=1S/C21H25N5O2/c1-15-16(2)26(18-7-5-4-6-8-18)21(19(15)13-22)23-20(28)14-24-9-11-25(12-10-24)17(3)27/h4-8H,9-12,14H2,1-3H3,(H,23,28). The van der Waals surface area contributed by atoms with Crippen LogP contribution in [0.2, 0.25) is 0 Å². The predicted molar refractivity (Wildman–Crippen MR) is 107 cm³/mol. The lowest BCUT2D eigenvalue weighted by Gasteiger charge is -2.33. The minimum absolute atomic E-state index is 0.0643. The summed E-state index contributed by atoms with van der Waals surface area (Å²) in [7, 11) is 0. The molecular formula is C21H25N5O2. The zero-order valence-corrected chi connectivity index (χ0v) is 16.5. The van der Waals surface area contributed by atoms with E-state index in [1.165, 1.54) is 0 Å². The highest BCUT2D eigenvalue weighted by Gasteiger charge is 2.23. The smallest absolute Gasteiger partial charge is 0.239 e. The number of piperazine rings is 1. The molecule has 1 aliphatic heterocycles. The van der Waals surface area contributed by atoms with Gasteiger partial charge in [0.25, 0.3) is 0 Å². The second kappa shape index (κ2) is 8.28. The second-order valence-electron chi connectivity index (χ2n) is 7.05. The van der Waals surface area contributed by atoms with Crippen LogP contribution in [0.4, 0.5) is 5.82 Å². The van der Waals surface area contributed by atoms with E-state index in [0.717, 1.165) is 16.9 Å². The molecule has 0 saturated carbocycles. The molecule has 7 nitrogen and oxygen atoms in total. The molecule has 2 heterocycles. The maximum absolute atomic E-state index is 12.7. The van der Waals surface area contributed by atoms with Gasteiger partial charge in [-0.25, -0.2) is 0 Å². The molecule has 1 saturated heterocycles. The summed E-state index contributed by atoms with van der Waals surface area (Å²) >= 11 is 0. The fraction of sp³-hybridized carbons (Fsp3) is 0.381. The lowest BCUT2D eigenvalue weighted by molar-refractivity contribution is -0.130. The van der Waals surface area contributed by atoms with Crippen molar-refractivity contribution in [2.24, 2.45) is 0 Å². The van der Waals surface area contributed by atoms with E-state index in [1.807, 2.05) is 53.6 Å².